The van der Waals surface area contributed by atoms with E-state index in [-0.39, 0.29) is 12.2 Å². The van der Waals surface area contributed by atoms with Crippen LogP contribution >= 0.6 is 0 Å². The summed E-state index contributed by atoms with van der Waals surface area (Å²) in [6, 6.07) is 8.02. The predicted molar refractivity (Wildman–Crippen MR) is 64.7 cm³/mol. The fraction of sp³-hybridized carbons (Fsp3) is 0.571. The summed E-state index contributed by atoms with van der Waals surface area (Å²) in [5.74, 6) is 0.915. The minimum atomic E-state index is -0.329. The van der Waals surface area contributed by atoms with Crippen LogP contribution in [-0.2, 0) is 0 Å². The first-order chi connectivity index (χ1) is 7.76. The maximum atomic E-state index is 9.57. The second-order valence-electron chi connectivity index (χ2n) is 4.77. The quantitative estimate of drug-likeness (QED) is 0.848. The SMILES string of the molecule is Cc1ccccc1OC1(CO)CCCCC1. The molecule has 1 aliphatic rings. The zero-order valence-corrected chi connectivity index (χ0v) is 9.91. The van der Waals surface area contributed by atoms with Crippen molar-refractivity contribution in [2.24, 2.45) is 0 Å². The van der Waals surface area contributed by atoms with Crippen molar-refractivity contribution in [1.82, 2.24) is 0 Å². The van der Waals surface area contributed by atoms with E-state index in [4.69, 9.17) is 4.74 Å². The molecule has 0 heterocycles. The second kappa shape index (κ2) is 4.88. The van der Waals surface area contributed by atoms with Gasteiger partial charge in [0.1, 0.15) is 11.4 Å². The first-order valence-electron chi connectivity index (χ1n) is 6.11. The monoisotopic (exact) mass is 220 g/mol. The molecular weight excluding hydrogens is 200 g/mol. The van der Waals surface area contributed by atoms with Gasteiger partial charge >= 0.3 is 0 Å². The van der Waals surface area contributed by atoms with Crippen LogP contribution in [0.25, 0.3) is 0 Å². The van der Waals surface area contributed by atoms with E-state index in [0.717, 1.165) is 37.0 Å². The number of aliphatic hydroxyl groups is 1. The van der Waals surface area contributed by atoms with Gasteiger partial charge in [-0.1, -0.05) is 24.6 Å². The second-order valence-corrected chi connectivity index (χ2v) is 4.77. The molecule has 1 aliphatic carbocycles. The average Bonchev–Trinajstić information content (AvgIpc) is 2.33. The lowest BCUT2D eigenvalue weighted by Crippen LogP contribution is -2.42. The Labute approximate surface area is 97.3 Å². The standard InChI is InChI=1S/C14H20O2/c1-12-7-3-4-8-13(12)16-14(11-15)9-5-2-6-10-14/h3-4,7-8,15H,2,5-6,9-11H2,1H3. The van der Waals surface area contributed by atoms with Crippen molar-refractivity contribution in [3.05, 3.63) is 29.8 Å². The first-order valence-corrected chi connectivity index (χ1v) is 6.11. The first kappa shape index (κ1) is 11.5. The van der Waals surface area contributed by atoms with Crippen LogP contribution in [0.15, 0.2) is 24.3 Å². The van der Waals surface area contributed by atoms with Crippen molar-refractivity contribution in [2.75, 3.05) is 6.61 Å². The highest BCUT2D eigenvalue weighted by molar-refractivity contribution is 5.32. The minimum absolute atomic E-state index is 0.126. The van der Waals surface area contributed by atoms with Gasteiger partial charge in [-0.2, -0.15) is 0 Å². The third kappa shape index (κ3) is 2.38. The number of ether oxygens (including phenoxy) is 1. The van der Waals surface area contributed by atoms with E-state index in [1.807, 2.05) is 31.2 Å². The van der Waals surface area contributed by atoms with E-state index in [1.165, 1.54) is 6.42 Å². The molecule has 0 aromatic heterocycles. The van der Waals surface area contributed by atoms with Gasteiger partial charge in [0.05, 0.1) is 6.61 Å². The number of hydrogen-bond acceptors (Lipinski definition) is 2. The number of benzene rings is 1. The van der Waals surface area contributed by atoms with E-state index in [2.05, 4.69) is 0 Å². The highest BCUT2D eigenvalue weighted by atomic mass is 16.5. The molecule has 0 aliphatic heterocycles. The van der Waals surface area contributed by atoms with Crippen LogP contribution < -0.4 is 4.74 Å². The summed E-state index contributed by atoms with van der Waals surface area (Å²) in [4.78, 5) is 0. The lowest BCUT2D eigenvalue weighted by molar-refractivity contribution is -0.0202. The third-order valence-electron chi connectivity index (χ3n) is 3.47. The predicted octanol–water partition coefficient (Wildman–Crippen LogP) is 3.07. The summed E-state index contributed by atoms with van der Waals surface area (Å²) in [7, 11) is 0. The summed E-state index contributed by atoms with van der Waals surface area (Å²) < 4.78 is 6.07. The van der Waals surface area contributed by atoms with Crippen molar-refractivity contribution >= 4 is 0 Å². The van der Waals surface area contributed by atoms with Crippen molar-refractivity contribution in [3.8, 4) is 5.75 Å². The van der Waals surface area contributed by atoms with Crippen LogP contribution in [0.1, 0.15) is 37.7 Å². The molecule has 0 amide bonds. The van der Waals surface area contributed by atoms with Crippen LogP contribution in [0.2, 0.25) is 0 Å². The Bertz CT molecular complexity index is 340. The van der Waals surface area contributed by atoms with Gasteiger partial charge in [-0.05, 0) is 44.2 Å². The Balaban J connectivity index is 2.15. The molecule has 1 N–H and O–H groups in total. The molecule has 0 unspecified atom stereocenters. The Hall–Kier alpha value is -1.02. The molecule has 2 rings (SSSR count). The summed E-state index contributed by atoms with van der Waals surface area (Å²) in [6.07, 6.45) is 5.52. The molecule has 1 saturated carbocycles. The lowest BCUT2D eigenvalue weighted by atomic mass is 9.85. The Morgan fingerprint density at radius 1 is 1.19 bits per heavy atom. The smallest absolute Gasteiger partial charge is 0.132 e. The molecule has 88 valence electrons. The third-order valence-corrected chi connectivity index (χ3v) is 3.47. The van der Waals surface area contributed by atoms with Crippen molar-refractivity contribution in [1.29, 1.82) is 0 Å². The van der Waals surface area contributed by atoms with Gasteiger partial charge in [0.25, 0.3) is 0 Å². The van der Waals surface area contributed by atoms with Crippen LogP contribution in [-0.4, -0.2) is 17.3 Å². The molecule has 16 heavy (non-hydrogen) atoms. The summed E-state index contributed by atoms with van der Waals surface area (Å²) in [5.41, 5.74) is 0.811. The molecule has 0 radical (unpaired) electrons. The fourth-order valence-electron chi connectivity index (χ4n) is 2.39. The maximum Gasteiger partial charge on any atom is 0.132 e. The molecule has 1 aromatic carbocycles. The van der Waals surface area contributed by atoms with Gasteiger partial charge in [0.2, 0.25) is 0 Å². The van der Waals surface area contributed by atoms with Gasteiger partial charge in [0.15, 0.2) is 0 Å². The van der Waals surface area contributed by atoms with E-state index in [0.29, 0.717) is 0 Å². The molecule has 0 spiro atoms. The zero-order chi connectivity index (χ0) is 11.4. The van der Waals surface area contributed by atoms with E-state index >= 15 is 0 Å². The van der Waals surface area contributed by atoms with Crippen molar-refractivity contribution < 1.29 is 9.84 Å². The van der Waals surface area contributed by atoms with Crippen LogP contribution in [0.4, 0.5) is 0 Å². The minimum Gasteiger partial charge on any atom is -0.485 e. The molecule has 0 saturated heterocycles. The van der Waals surface area contributed by atoms with Crippen molar-refractivity contribution in [3.63, 3.8) is 0 Å². The summed E-state index contributed by atoms with van der Waals surface area (Å²) >= 11 is 0. The van der Waals surface area contributed by atoms with E-state index < -0.39 is 0 Å². The largest absolute Gasteiger partial charge is 0.485 e. The Morgan fingerprint density at radius 2 is 1.88 bits per heavy atom. The van der Waals surface area contributed by atoms with Gasteiger partial charge < -0.3 is 9.84 Å². The number of rotatable bonds is 3. The number of para-hydroxylation sites is 1. The number of aryl methyl sites for hydroxylation is 1. The number of hydrogen-bond donors (Lipinski definition) is 1. The fourth-order valence-corrected chi connectivity index (χ4v) is 2.39. The van der Waals surface area contributed by atoms with Crippen LogP contribution in [0.3, 0.4) is 0 Å². The molecule has 1 fully saturated rings. The van der Waals surface area contributed by atoms with E-state index in [9.17, 15) is 5.11 Å². The molecule has 2 nitrogen and oxygen atoms in total. The normalized spacial score (nSPS) is 19.4. The van der Waals surface area contributed by atoms with E-state index in [1.54, 1.807) is 0 Å². The Kier molecular flexibility index (Phi) is 3.49. The molecular formula is C14H20O2. The zero-order valence-electron chi connectivity index (χ0n) is 9.91. The lowest BCUT2D eigenvalue weighted by Gasteiger charge is -2.36. The van der Waals surface area contributed by atoms with Gasteiger partial charge in [-0.15, -0.1) is 0 Å². The van der Waals surface area contributed by atoms with Gasteiger partial charge in [-0.3, -0.25) is 0 Å². The molecule has 2 heteroatoms. The topological polar surface area (TPSA) is 29.5 Å². The Morgan fingerprint density at radius 3 is 2.50 bits per heavy atom. The highest BCUT2D eigenvalue weighted by Crippen LogP contribution is 2.33. The summed E-state index contributed by atoms with van der Waals surface area (Å²) in [6.45, 7) is 2.17. The van der Waals surface area contributed by atoms with Gasteiger partial charge in [-0.25, -0.2) is 0 Å². The van der Waals surface area contributed by atoms with Gasteiger partial charge in [0, 0.05) is 0 Å². The maximum absolute atomic E-state index is 9.57. The highest BCUT2D eigenvalue weighted by Gasteiger charge is 2.33. The van der Waals surface area contributed by atoms with Crippen molar-refractivity contribution in [2.45, 2.75) is 44.6 Å². The average molecular weight is 220 g/mol. The molecule has 0 bridgehead atoms. The summed E-state index contributed by atoms with van der Waals surface area (Å²) in [5, 5.41) is 9.57. The van der Waals surface area contributed by atoms with Crippen LogP contribution in [0.5, 0.6) is 5.75 Å². The molecule has 1 aromatic rings. The van der Waals surface area contributed by atoms with Crippen LogP contribution in [0, 0.1) is 6.92 Å². The number of aliphatic hydroxyl groups excluding tert-OH is 1. The molecule has 0 atom stereocenters.